The Labute approximate surface area is 127 Å². The van der Waals surface area contributed by atoms with E-state index in [1.54, 1.807) is 12.1 Å². The van der Waals surface area contributed by atoms with Gasteiger partial charge < -0.3 is 5.32 Å². The smallest absolute Gasteiger partial charge is 0.123 e. The van der Waals surface area contributed by atoms with Crippen molar-refractivity contribution in [2.75, 3.05) is 6.54 Å². The fraction of sp³-hybridized carbons (Fsp3) is 0.368. The summed E-state index contributed by atoms with van der Waals surface area (Å²) in [6.07, 6.45) is 1.95. The molecule has 0 bridgehead atoms. The van der Waals surface area contributed by atoms with Gasteiger partial charge in [-0.2, -0.15) is 0 Å². The summed E-state index contributed by atoms with van der Waals surface area (Å²) in [5.41, 5.74) is 4.54. The number of aryl methyl sites for hydroxylation is 2. The van der Waals surface area contributed by atoms with E-state index in [2.05, 4.69) is 49.5 Å². The van der Waals surface area contributed by atoms with Crippen LogP contribution in [0.5, 0.6) is 0 Å². The molecule has 21 heavy (non-hydrogen) atoms. The zero-order valence-electron chi connectivity index (χ0n) is 13.1. The predicted molar refractivity (Wildman–Crippen MR) is 87.1 cm³/mol. The molecule has 0 aliphatic rings. The van der Waals surface area contributed by atoms with Crippen molar-refractivity contribution in [3.63, 3.8) is 0 Å². The molecule has 0 saturated heterocycles. The molecule has 0 heterocycles. The summed E-state index contributed by atoms with van der Waals surface area (Å²) in [5, 5.41) is 3.54. The molecule has 1 atom stereocenters. The largest absolute Gasteiger partial charge is 0.310 e. The van der Waals surface area contributed by atoms with Crippen molar-refractivity contribution >= 4 is 0 Å². The number of halogens is 1. The van der Waals surface area contributed by atoms with E-state index >= 15 is 0 Å². The predicted octanol–water partition coefficient (Wildman–Crippen LogP) is 4.73. The van der Waals surface area contributed by atoms with Gasteiger partial charge in [0.2, 0.25) is 0 Å². The summed E-state index contributed by atoms with van der Waals surface area (Å²) in [7, 11) is 0. The lowest BCUT2D eigenvalue weighted by Gasteiger charge is -2.20. The Bertz CT molecular complexity index is 554. The van der Waals surface area contributed by atoms with E-state index in [0.717, 1.165) is 30.5 Å². The Morgan fingerprint density at radius 3 is 2.33 bits per heavy atom. The monoisotopic (exact) mass is 285 g/mol. The third-order valence-corrected chi connectivity index (χ3v) is 3.67. The maximum absolute atomic E-state index is 13.7. The van der Waals surface area contributed by atoms with Crippen molar-refractivity contribution in [3.8, 4) is 0 Å². The van der Waals surface area contributed by atoms with Crippen LogP contribution >= 0.6 is 0 Å². The van der Waals surface area contributed by atoms with Crippen LogP contribution in [-0.4, -0.2) is 6.54 Å². The second kappa shape index (κ2) is 7.37. The Morgan fingerprint density at radius 1 is 1.00 bits per heavy atom. The molecule has 1 nitrogen and oxygen atoms in total. The first-order valence-corrected chi connectivity index (χ1v) is 7.64. The molecule has 0 radical (unpaired) electrons. The van der Waals surface area contributed by atoms with Crippen LogP contribution in [0.3, 0.4) is 0 Å². The summed E-state index contributed by atoms with van der Waals surface area (Å²) in [4.78, 5) is 0. The molecule has 0 amide bonds. The van der Waals surface area contributed by atoms with Crippen molar-refractivity contribution < 1.29 is 4.39 Å². The average molecular weight is 285 g/mol. The minimum Gasteiger partial charge on any atom is -0.310 e. The molecular formula is C19H24FN. The molecule has 2 heteroatoms. The summed E-state index contributed by atoms with van der Waals surface area (Å²) in [6.45, 7) is 7.11. The Kier molecular flexibility index (Phi) is 5.51. The number of hydrogen-bond donors (Lipinski definition) is 1. The van der Waals surface area contributed by atoms with E-state index in [0.29, 0.717) is 0 Å². The molecule has 2 rings (SSSR count). The molecule has 0 aliphatic heterocycles. The quantitative estimate of drug-likeness (QED) is 0.809. The van der Waals surface area contributed by atoms with Crippen LogP contribution in [0.15, 0.2) is 42.5 Å². The maximum Gasteiger partial charge on any atom is 0.123 e. The Morgan fingerprint density at radius 2 is 1.71 bits per heavy atom. The highest BCUT2D eigenvalue weighted by Gasteiger charge is 2.13. The van der Waals surface area contributed by atoms with E-state index in [-0.39, 0.29) is 11.9 Å². The van der Waals surface area contributed by atoms with Gasteiger partial charge in [-0.25, -0.2) is 4.39 Å². The normalized spacial score (nSPS) is 12.4. The first-order chi connectivity index (χ1) is 10.1. The highest BCUT2D eigenvalue weighted by atomic mass is 19.1. The lowest BCUT2D eigenvalue weighted by Crippen LogP contribution is -2.24. The van der Waals surface area contributed by atoms with Crippen molar-refractivity contribution in [2.24, 2.45) is 0 Å². The summed E-state index contributed by atoms with van der Waals surface area (Å²) >= 11 is 0. The van der Waals surface area contributed by atoms with Crippen LogP contribution in [0.1, 0.15) is 41.6 Å². The van der Waals surface area contributed by atoms with Gasteiger partial charge in [-0.1, -0.05) is 42.8 Å². The fourth-order valence-electron chi connectivity index (χ4n) is 2.55. The topological polar surface area (TPSA) is 12.0 Å². The van der Waals surface area contributed by atoms with E-state index < -0.39 is 0 Å². The zero-order valence-corrected chi connectivity index (χ0v) is 13.1. The van der Waals surface area contributed by atoms with E-state index in [4.69, 9.17) is 0 Å². The highest BCUT2D eigenvalue weighted by Crippen LogP contribution is 2.21. The summed E-state index contributed by atoms with van der Waals surface area (Å²) in [5.74, 6) is -0.155. The second-order valence-electron chi connectivity index (χ2n) is 5.76. The molecule has 0 fully saturated rings. The molecule has 0 aromatic heterocycles. The SMILES string of the molecule is CCCNC(Cc1ccc(C)cc1)c1cc(C)cc(F)c1. The molecule has 2 aromatic carbocycles. The Hall–Kier alpha value is -1.67. The molecule has 0 aliphatic carbocycles. The van der Waals surface area contributed by atoms with Gasteiger partial charge >= 0.3 is 0 Å². The summed E-state index contributed by atoms with van der Waals surface area (Å²) < 4.78 is 13.7. The minimum atomic E-state index is -0.155. The van der Waals surface area contributed by atoms with Crippen LogP contribution in [0.2, 0.25) is 0 Å². The third-order valence-electron chi connectivity index (χ3n) is 3.67. The van der Waals surface area contributed by atoms with Crippen LogP contribution in [0.4, 0.5) is 4.39 Å². The van der Waals surface area contributed by atoms with E-state index in [1.165, 1.54) is 11.1 Å². The number of benzene rings is 2. The van der Waals surface area contributed by atoms with Gasteiger partial charge in [0, 0.05) is 6.04 Å². The van der Waals surface area contributed by atoms with Gasteiger partial charge in [0.1, 0.15) is 5.82 Å². The van der Waals surface area contributed by atoms with Gasteiger partial charge in [0.15, 0.2) is 0 Å². The van der Waals surface area contributed by atoms with Crippen molar-refractivity contribution in [3.05, 3.63) is 70.5 Å². The lowest BCUT2D eigenvalue weighted by atomic mass is 9.96. The molecule has 0 spiro atoms. The van der Waals surface area contributed by atoms with Crippen molar-refractivity contribution in [2.45, 2.75) is 39.7 Å². The second-order valence-corrected chi connectivity index (χ2v) is 5.76. The highest BCUT2D eigenvalue weighted by molar-refractivity contribution is 5.29. The molecule has 1 unspecified atom stereocenters. The van der Waals surface area contributed by atoms with Crippen LogP contribution in [0.25, 0.3) is 0 Å². The van der Waals surface area contributed by atoms with Crippen molar-refractivity contribution in [1.29, 1.82) is 0 Å². The van der Waals surface area contributed by atoms with Crippen molar-refractivity contribution in [1.82, 2.24) is 5.32 Å². The Balaban J connectivity index is 2.22. The van der Waals surface area contributed by atoms with Gasteiger partial charge in [0.05, 0.1) is 0 Å². The number of rotatable bonds is 6. The van der Waals surface area contributed by atoms with Gasteiger partial charge in [-0.05, 0) is 62.1 Å². The third kappa shape index (κ3) is 4.68. The molecule has 2 aromatic rings. The molecular weight excluding hydrogens is 261 g/mol. The van der Waals surface area contributed by atoms with Crippen LogP contribution in [-0.2, 0) is 6.42 Å². The molecule has 112 valence electrons. The zero-order chi connectivity index (χ0) is 15.2. The average Bonchev–Trinajstić information content (AvgIpc) is 2.44. The number of nitrogens with one attached hydrogen (secondary N) is 1. The first-order valence-electron chi connectivity index (χ1n) is 7.64. The number of hydrogen-bond acceptors (Lipinski definition) is 1. The molecule has 0 saturated carbocycles. The van der Waals surface area contributed by atoms with E-state index in [1.807, 2.05) is 6.92 Å². The first kappa shape index (κ1) is 15.7. The van der Waals surface area contributed by atoms with Gasteiger partial charge in [-0.3, -0.25) is 0 Å². The minimum absolute atomic E-state index is 0.155. The molecule has 1 N–H and O–H groups in total. The van der Waals surface area contributed by atoms with Gasteiger partial charge in [0.25, 0.3) is 0 Å². The summed E-state index contributed by atoms with van der Waals surface area (Å²) in [6, 6.07) is 14.0. The standard InChI is InChI=1S/C19H24FN/c1-4-9-21-19(12-16-7-5-14(2)6-8-16)17-10-15(3)11-18(20)13-17/h5-8,10-11,13,19,21H,4,9,12H2,1-3H3. The van der Waals surface area contributed by atoms with E-state index in [9.17, 15) is 4.39 Å². The van der Waals surface area contributed by atoms with Crippen LogP contribution in [0, 0.1) is 19.7 Å². The van der Waals surface area contributed by atoms with Crippen LogP contribution < -0.4 is 5.32 Å². The fourth-order valence-corrected chi connectivity index (χ4v) is 2.55. The lowest BCUT2D eigenvalue weighted by molar-refractivity contribution is 0.524. The van der Waals surface area contributed by atoms with Gasteiger partial charge in [-0.15, -0.1) is 0 Å². The maximum atomic E-state index is 13.7.